The van der Waals surface area contributed by atoms with Gasteiger partial charge in [-0.2, -0.15) is 11.8 Å². The molecule has 0 aliphatic rings. The van der Waals surface area contributed by atoms with Gasteiger partial charge in [0.05, 0.1) is 6.54 Å². The van der Waals surface area contributed by atoms with E-state index in [1.54, 1.807) is 11.8 Å². The van der Waals surface area contributed by atoms with Gasteiger partial charge in [0, 0.05) is 25.3 Å². The van der Waals surface area contributed by atoms with Gasteiger partial charge in [-0.15, -0.1) is 0 Å². The molecule has 2 aromatic rings. The number of carbonyl (C=O) groups is 2. The molecule has 1 amide bonds. The highest BCUT2D eigenvalue weighted by atomic mass is 32.2. The summed E-state index contributed by atoms with van der Waals surface area (Å²) in [6.07, 6.45) is 2.70. The Morgan fingerprint density at radius 1 is 0.944 bits per heavy atom. The molecule has 1 atom stereocenters. The molecule has 0 aliphatic heterocycles. The van der Waals surface area contributed by atoms with E-state index in [4.69, 9.17) is 14.2 Å². The number of benzene rings is 2. The highest BCUT2D eigenvalue weighted by Crippen LogP contribution is 2.15. The summed E-state index contributed by atoms with van der Waals surface area (Å²) in [5.74, 6) is 1.63. The molecule has 1 N–H and O–H groups in total. The van der Waals surface area contributed by atoms with Gasteiger partial charge in [0.15, 0.2) is 6.10 Å². The van der Waals surface area contributed by atoms with Crippen molar-refractivity contribution in [3.8, 4) is 5.75 Å². The Bertz CT molecular complexity index is 877. The fraction of sp³-hybridized carbons (Fsp3) is 0.500. The molecular weight excluding hydrogens is 478 g/mol. The molecule has 1 unspecified atom stereocenters. The van der Waals surface area contributed by atoms with E-state index in [1.165, 1.54) is 19.3 Å². The van der Waals surface area contributed by atoms with E-state index in [2.05, 4.69) is 6.92 Å². The summed E-state index contributed by atoms with van der Waals surface area (Å²) >= 11 is 1.85. The van der Waals surface area contributed by atoms with E-state index in [-0.39, 0.29) is 12.7 Å². The molecular formula is C28H39NO6S. The van der Waals surface area contributed by atoms with Crippen LogP contribution in [0.3, 0.4) is 0 Å². The van der Waals surface area contributed by atoms with Gasteiger partial charge in [0.25, 0.3) is 0 Å². The molecule has 0 bridgehead atoms. The van der Waals surface area contributed by atoms with Gasteiger partial charge >= 0.3 is 12.1 Å². The van der Waals surface area contributed by atoms with Gasteiger partial charge in [-0.1, -0.05) is 62.2 Å². The summed E-state index contributed by atoms with van der Waals surface area (Å²) in [4.78, 5) is 25.8. The maximum atomic E-state index is 12.8. The number of carboxylic acid groups (broad SMARTS) is 1. The third-order valence-corrected chi connectivity index (χ3v) is 6.53. The third-order valence-electron chi connectivity index (χ3n) is 5.48. The fourth-order valence-corrected chi connectivity index (χ4v) is 4.43. The summed E-state index contributed by atoms with van der Waals surface area (Å²) < 4.78 is 16.7. The monoisotopic (exact) mass is 517 g/mol. The molecule has 0 aliphatic carbocycles. The summed E-state index contributed by atoms with van der Waals surface area (Å²) in [5, 5.41) is 9.26. The van der Waals surface area contributed by atoms with Crippen molar-refractivity contribution in [3.05, 3.63) is 65.7 Å². The van der Waals surface area contributed by atoms with E-state index >= 15 is 0 Å². The number of aliphatic carboxylic acids is 1. The lowest BCUT2D eigenvalue weighted by atomic mass is 10.1. The van der Waals surface area contributed by atoms with Crippen LogP contribution in [0, 0.1) is 0 Å². The Hall–Kier alpha value is -2.71. The first-order valence-electron chi connectivity index (χ1n) is 12.6. The molecule has 0 radical (unpaired) electrons. The maximum absolute atomic E-state index is 12.8. The number of amides is 1. The van der Waals surface area contributed by atoms with Crippen LogP contribution in [-0.2, 0) is 27.3 Å². The van der Waals surface area contributed by atoms with Crippen molar-refractivity contribution < 1.29 is 28.9 Å². The third kappa shape index (κ3) is 11.8. The molecule has 0 fully saturated rings. The molecule has 0 spiro atoms. The predicted molar refractivity (Wildman–Crippen MR) is 144 cm³/mol. The van der Waals surface area contributed by atoms with Crippen LogP contribution < -0.4 is 4.74 Å². The quantitative estimate of drug-likeness (QED) is 0.255. The van der Waals surface area contributed by atoms with Crippen LogP contribution in [0.4, 0.5) is 4.79 Å². The Labute approximate surface area is 219 Å². The molecule has 7 nitrogen and oxygen atoms in total. The van der Waals surface area contributed by atoms with Crippen molar-refractivity contribution in [2.45, 2.75) is 52.2 Å². The lowest BCUT2D eigenvalue weighted by Gasteiger charge is -2.22. The van der Waals surface area contributed by atoms with Crippen LogP contribution in [0.25, 0.3) is 0 Å². The van der Waals surface area contributed by atoms with Crippen molar-refractivity contribution in [2.24, 2.45) is 0 Å². The number of carbonyl (C=O) groups excluding carboxylic acids is 1. The van der Waals surface area contributed by atoms with Crippen LogP contribution >= 0.6 is 11.8 Å². The molecule has 0 saturated carbocycles. The van der Waals surface area contributed by atoms with Crippen LogP contribution in [0.2, 0.25) is 0 Å². The fourth-order valence-electron chi connectivity index (χ4n) is 3.46. The highest BCUT2D eigenvalue weighted by Gasteiger charge is 2.18. The zero-order chi connectivity index (χ0) is 26.0. The second-order valence-corrected chi connectivity index (χ2v) is 9.55. The SMILES string of the molecule is CCCCCSCCN(CCOc1ccc(CC(OCC)C(=O)O)cc1)C(=O)OCc1ccccc1. The Morgan fingerprint density at radius 3 is 2.36 bits per heavy atom. The molecule has 0 saturated heterocycles. The summed E-state index contributed by atoms with van der Waals surface area (Å²) in [6.45, 7) is 5.89. The van der Waals surface area contributed by atoms with Crippen molar-refractivity contribution in [2.75, 3.05) is 37.8 Å². The van der Waals surface area contributed by atoms with Gasteiger partial charge in [0.1, 0.15) is 19.0 Å². The lowest BCUT2D eigenvalue weighted by molar-refractivity contribution is -0.149. The Kier molecular flexibility index (Phi) is 14.5. The minimum absolute atomic E-state index is 0.237. The highest BCUT2D eigenvalue weighted by molar-refractivity contribution is 7.99. The number of hydrogen-bond donors (Lipinski definition) is 1. The van der Waals surface area contributed by atoms with Gasteiger partial charge < -0.3 is 24.2 Å². The average molecular weight is 518 g/mol. The predicted octanol–water partition coefficient (Wildman–Crippen LogP) is 5.66. The minimum Gasteiger partial charge on any atom is -0.492 e. The topological polar surface area (TPSA) is 85.3 Å². The van der Waals surface area contributed by atoms with Gasteiger partial charge in [0.2, 0.25) is 0 Å². The zero-order valence-corrected chi connectivity index (χ0v) is 22.2. The van der Waals surface area contributed by atoms with Crippen molar-refractivity contribution >= 4 is 23.8 Å². The summed E-state index contributed by atoms with van der Waals surface area (Å²) in [5.41, 5.74) is 1.81. The number of nitrogens with zero attached hydrogens (tertiary/aromatic N) is 1. The molecule has 198 valence electrons. The number of thioether (sulfide) groups is 1. The second-order valence-electron chi connectivity index (χ2n) is 8.33. The molecule has 36 heavy (non-hydrogen) atoms. The standard InChI is InChI=1S/C28H39NO6S/c1-3-5-9-19-36-20-17-29(28(32)35-22-24-10-7-6-8-11-24)16-18-34-25-14-12-23(13-15-25)21-26(27(30)31)33-4-2/h6-8,10-15,26H,3-5,9,16-22H2,1-2H3,(H,30,31). The van der Waals surface area contributed by atoms with Crippen LogP contribution in [-0.4, -0.2) is 66.0 Å². The smallest absolute Gasteiger partial charge is 0.410 e. The summed E-state index contributed by atoms with van der Waals surface area (Å²) in [7, 11) is 0. The Balaban J connectivity index is 1.84. The minimum atomic E-state index is -0.972. The average Bonchev–Trinajstić information content (AvgIpc) is 2.89. The lowest BCUT2D eigenvalue weighted by Crippen LogP contribution is -2.36. The zero-order valence-electron chi connectivity index (χ0n) is 21.4. The molecule has 0 heterocycles. The van der Waals surface area contributed by atoms with Crippen molar-refractivity contribution in [1.82, 2.24) is 4.90 Å². The van der Waals surface area contributed by atoms with E-state index < -0.39 is 12.1 Å². The van der Waals surface area contributed by atoms with Crippen LogP contribution in [0.15, 0.2) is 54.6 Å². The van der Waals surface area contributed by atoms with E-state index in [0.29, 0.717) is 38.5 Å². The van der Waals surface area contributed by atoms with E-state index in [9.17, 15) is 14.7 Å². The van der Waals surface area contributed by atoms with Gasteiger partial charge in [-0.3, -0.25) is 0 Å². The summed E-state index contributed by atoms with van der Waals surface area (Å²) in [6, 6.07) is 16.9. The van der Waals surface area contributed by atoms with Crippen LogP contribution in [0.1, 0.15) is 44.2 Å². The normalized spacial score (nSPS) is 11.6. The molecule has 0 aromatic heterocycles. The Morgan fingerprint density at radius 2 is 1.69 bits per heavy atom. The number of carboxylic acids is 1. The number of hydrogen-bond acceptors (Lipinski definition) is 6. The molecule has 2 rings (SSSR count). The molecule has 8 heteroatoms. The first-order chi connectivity index (χ1) is 17.5. The number of rotatable bonds is 18. The van der Waals surface area contributed by atoms with Crippen molar-refractivity contribution in [1.29, 1.82) is 0 Å². The number of ether oxygens (including phenoxy) is 3. The number of unbranched alkanes of at least 4 members (excludes halogenated alkanes) is 2. The largest absolute Gasteiger partial charge is 0.492 e. The van der Waals surface area contributed by atoms with E-state index in [1.807, 2.05) is 66.4 Å². The van der Waals surface area contributed by atoms with Gasteiger partial charge in [-0.05, 0) is 42.4 Å². The van der Waals surface area contributed by atoms with Crippen LogP contribution in [0.5, 0.6) is 5.75 Å². The van der Waals surface area contributed by atoms with E-state index in [0.717, 1.165) is 22.6 Å². The van der Waals surface area contributed by atoms with Crippen molar-refractivity contribution in [3.63, 3.8) is 0 Å². The first-order valence-corrected chi connectivity index (χ1v) is 13.8. The molecule has 2 aromatic carbocycles. The van der Waals surface area contributed by atoms with Gasteiger partial charge in [-0.25, -0.2) is 9.59 Å². The second kappa shape index (κ2) is 17.7. The maximum Gasteiger partial charge on any atom is 0.410 e. The first kappa shape index (κ1) is 29.5.